The summed E-state index contributed by atoms with van der Waals surface area (Å²) in [6.07, 6.45) is 0.690. The zero-order valence-electron chi connectivity index (χ0n) is 16.2. The van der Waals surface area contributed by atoms with Crippen molar-refractivity contribution < 1.29 is 18.7 Å². The van der Waals surface area contributed by atoms with Crippen molar-refractivity contribution >= 4 is 17.5 Å². The highest BCUT2D eigenvalue weighted by Gasteiger charge is 2.24. The number of methoxy groups -OCH3 is 1. The highest BCUT2D eigenvalue weighted by Crippen LogP contribution is 2.30. The van der Waals surface area contributed by atoms with Gasteiger partial charge in [-0.2, -0.15) is 0 Å². The number of carbonyl (C=O) groups is 2. The molecule has 0 aliphatic carbocycles. The molecule has 0 atom stereocenters. The fourth-order valence-corrected chi connectivity index (χ4v) is 3.41. The van der Waals surface area contributed by atoms with E-state index >= 15 is 0 Å². The van der Waals surface area contributed by atoms with Crippen molar-refractivity contribution in [3.63, 3.8) is 0 Å². The number of fused-ring (bicyclic) bond motifs is 1. The molecule has 6 heteroatoms. The lowest BCUT2D eigenvalue weighted by atomic mass is 10.1. The Morgan fingerprint density at radius 1 is 1.10 bits per heavy atom. The molecule has 2 aromatic carbocycles. The molecule has 2 heterocycles. The minimum absolute atomic E-state index is 0.0144. The molecule has 3 aromatic rings. The lowest BCUT2D eigenvalue weighted by Gasteiger charge is -2.25. The van der Waals surface area contributed by atoms with Gasteiger partial charge in [0.15, 0.2) is 0 Å². The second-order valence-electron chi connectivity index (χ2n) is 6.95. The Kier molecular flexibility index (Phi) is 5.44. The summed E-state index contributed by atoms with van der Waals surface area (Å²) in [5, 5.41) is 2.89. The van der Waals surface area contributed by atoms with Crippen LogP contribution in [-0.4, -0.2) is 37.0 Å². The Bertz CT molecular complexity index is 1010. The van der Waals surface area contributed by atoms with E-state index in [2.05, 4.69) is 5.32 Å². The summed E-state index contributed by atoms with van der Waals surface area (Å²) in [7, 11) is 1.52. The van der Waals surface area contributed by atoms with Gasteiger partial charge in [0.2, 0.25) is 5.91 Å². The molecule has 4 rings (SSSR count). The van der Waals surface area contributed by atoms with Gasteiger partial charge in [-0.1, -0.05) is 18.2 Å². The van der Waals surface area contributed by atoms with Crippen molar-refractivity contribution in [1.29, 1.82) is 0 Å². The highest BCUT2D eigenvalue weighted by molar-refractivity contribution is 6.04. The van der Waals surface area contributed by atoms with E-state index in [9.17, 15) is 9.59 Å². The molecule has 0 bridgehead atoms. The summed E-state index contributed by atoms with van der Waals surface area (Å²) in [4.78, 5) is 26.1. The number of hydrogen-bond acceptors (Lipinski definition) is 4. The second kappa shape index (κ2) is 8.32. The number of anilines is 1. The first-order valence-corrected chi connectivity index (χ1v) is 9.49. The normalized spacial score (nSPS) is 13.1. The van der Waals surface area contributed by atoms with Gasteiger partial charge in [-0.3, -0.25) is 9.59 Å². The monoisotopic (exact) mass is 390 g/mol. The van der Waals surface area contributed by atoms with Crippen molar-refractivity contribution in [2.75, 3.05) is 25.6 Å². The number of ether oxygens (including phenoxy) is 1. The molecule has 0 spiro atoms. The van der Waals surface area contributed by atoms with Crippen molar-refractivity contribution in [1.82, 2.24) is 4.90 Å². The third kappa shape index (κ3) is 4.22. The fraction of sp³-hybridized carbons (Fsp3) is 0.217. The van der Waals surface area contributed by atoms with E-state index < -0.39 is 0 Å². The Morgan fingerprint density at radius 2 is 1.86 bits per heavy atom. The third-order valence-corrected chi connectivity index (χ3v) is 4.95. The van der Waals surface area contributed by atoms with Gasteiger partial charge in [-0.25, -0.2) is 0 Å². The van der Waals surface area contributed by atoms with Gasteiger partial charge in [0.25, 0.3) is 5.91 Å². The van der Waals surface area contributed by atoms with Crippen molar-refractivity contribution in [2.24, 2.45) is 0 Å². The van der Waals surface area contributed by atoms with Crippen molar-refractivity contribution in [2.45, 2.75) is 13.0 Å². The Hall–Kier alpha value is -3.38. The van der Waals surface area contributed by atoms with E-state index in [0.29, 0.717) is 25.1 Å². The Balaban J connectivity index is 1.45. The largest absolute Gasteiger partial charge is 0.461 e. The van der Waals surface area contributed by atoms with Crippen LogP contribution < -0.4 is 5.32 Å². The maximum atomic E-state index is 12.3. The molecule has 1 aromatic heterocycles. The fourth-order valence-electron chi connectivity index (χ4n) is 3.41. The number of amides is 2. The number of furan rings is 1. The Labute approximate surface area is 169 Å². The summed E-state index contributed by atoms with van der Waals surface area (Å²) in [5.41, 5.74) is 3.28. The van der Waals surface area contributed by atoms with Crippen LogP contribution in [0.1, 0.15) is 21.7 Å². The van der Waals surface area contributed by atoms with Gasteiger partial charge in [0, 0.05) is 49.0 Å². The third-order valence-electron chi connectivity index (χ3n) is 4.95. The molecule has 6 nitrogen and oxygen atoms in total. The standard InChI is InChI=1S/C23H22N2O4/c1-28-15-22(26)25-12-11-20-18(14-25)13-21(29-20)16-7-9-19(10-8-16)24-23(27)17-5-3-2-4-6-17/h2-10,13H,11-12,14-15H2,1H3,(H,24,27). The lowest BCUT2D eigenvalue weighted by molar-refractivity contribution is -0.136. The number of nitrogens with zero attached hydrogens (tertiary/aromatic N) is 1. The molecule has 2 amide bonds. The molecular weight excluding hydrogens is 368 g/mol. The topological polar surface area (TPSA) is 71.8 Å². The van der Waals surface area contributed by atoms with Gasteiger partial charge in [-0.15, -0.1) is 0 Å². The molecule has 0 unspecified atom stereocenters. The molecule has 0 saturated heterocycles. The van der Waals surface area contributed by atoms with Crippen LogP contribution in [0, 0.1) is 0 Å². The highest BCUT2D eigenvalue weighted by atomic mass is 16.5. The van der Waals surface area contributed by atoms with E-state index in [1.807, 2.05) is 48.5 Å². The smallest absolute Gasteiger partial charge is 0.255 e. The predicted molar refractivity (Wildman–Crippen MR) is 110 cm³/mol. The Morgan fingerprint density at radius 3 is 2.59 bits per heavy atom. The zero-order valence-corrected chi connectivity index (χ0v) is 16.2. The summed E-state index contributed by atoms with van der Waals surface area (Å²) in [5.74, 6) is 1.52. The van der Waals surface area contributed by atoms with Crippen molar-refractivity contribution in [3.05, 3.63) is 77.6 Å². The number of nitrogens with one attached hydrogen (secondary N) is 1. The molecule has 0 saturated carbocycles. The summed E-state index contributed by atoms with van der Waals surface area (Å²) >= 11 is 0. The molecule has 1 aliphatic rings. The van der Waals surface area contributed by atoms with E-state index in [1.54, 1.807) is 17.0 Å². The summed E-state index contributed by atoms with van der Waals surface area (Å²) in [6, 6.07) is 18.6. The van der Waals surface area contributed by atoms with Crippen LogP contribution in [-0.2, 0) is 22.5 Å². The molecule has 1 N–H and O–H groups in total. The van der Waals surface area contributed by atoms with Crippen LogP contribution in [0.3, 0.4) is 0 Å². The average Bonchev–Trinajstić information content (AvgIpc) is 3.18. The molecule has 29 heavy (non-hydrogen) atoms. The van der Waals surface area contributed by atoms with Gasteiger partial charge in [0.1, 0.15) is 18.1 Å². The van der Waals surface area contributed by atoms with Gasteiger partial charge < -0.3 is 19.4 Å². The minimum Gasteiger partial charge on any atom is -0.461 e. The average molecular weight is 390 g/mol. The minimum atomic E-state index is -0.146. The summed E-state index contributed by atoms with van der Waals surface area (Å²) in [6.45, 7) is 1.26. The van der Waals surface area contributed by atoms with Gasteiger partial charge in [0.05, 0.1) is 0 Å². The molecule has 148 valence electrons. The first-order chi connectivity index (χ1) is 14.1. The zero-order chi connectivity index (χ0) is 20.2. The van der Waals surface area contributed by atoms with Crippen LogP contribution in [0.4, 0.5) is 5.69 Å². The number of benzene rings is 2. The van der Waals surface area contributed by atoms with E-state index in [4.69, 9.17) is 9.15 Å². The van der Waals surface area contributed by atoms with Crippen LogP contribution in [0.15, 0.2) is 65.1 Å². The molecule has 0 radical (unpaired) electrons. The number of hydrogen-bond donors (Lipinski definition) is 1. The van der Waals surface area contributed by atoms with Gasteiger partial charge in [-0.05, 0) is 42.5 Å². The molecule has 0 fully saturated rings. The van der Waals surface area contributed by atoms with E-state index in [0.717, 1.165) is 28.3 Å². The SMILES string of the molecule is COCC(=O)N1CCc2oc(-c3ccc(NC(=O)c4ccccc4)cc3)cc2C1. The quantitative estimate of drug-likeness (QED) is 0.721. The molecule has 1 aliphatic heterocycles. The first-order valence-electron chi connectivity index (χ1n) is 9.49. The maximum Gasteiger partial charge on any atom is 0.255 e. The predicted octanol–water partition coefficient (Wildman–Crippen LogP) is 3.73. The number of rotatable bonds is 5. The van der Waals surface area contributed by atoms with E-state index in [-0.39, 0.29) is 18.4 Å². The maximum absolute atomic E-state index is 12.3. The number of carbonyl (C=O) groups excluding carboxylic acids is 2. The van der Waals surface area contributed by atoms with Gasteiger partial charge >= 0.3 is 0 Å². The van der Waals surface area contributed by atoms with Crippen LogP contribution >= 0.6 is 0 Å². The first kappa shape index (κ1) is 19.0. The second-order valence-corrected chi connectivity index (χ2v) is 6.95. The van der Waals surface area contributed by atoms with Crippen LogP contribution in [0.25, 0.3) is 11.3 Å². The lowest BCUT2D eigenvalue weighted by Crippen LogP contribution is -2.37. The molecular formula is C23H22N2O4. The van der Waals surface area contributed by atoms with E-state index in [1.165, 1.54) is 7.11 Å². The summed E-state index contributed by atoms with van der Waals surface area (Å²) < 4.78 is 11.0. The van der Waals surface area contributed by atoms with Crippen LogP contribution in [0.2, 0.25) is 0 Å². The van der Waals surface area contributed by atoms with Crippen molar-refractivity contribution in [3.8, 4) is 11.3 Å². The van der Waals surface area contributed by atoms with Crippen LogP contribution in [0.5, 0.6) is 0 Å².